The number of carbonyl (C=O) groups is 16. The molecule has 4 aliphatic rings. The molecular formula is C64H97N7O34. The maximum Gasteiger partial charge on any atom is 0.303 e. The van der Waals surface area contributed by atoms with Crippen LogP contribution < -0.4 is 37.6 Å². The van der Waals surface area contributed by atoms with E-state index in [0.29, 0.717) is 0 Å². The van der Waals surface area contributed by atoms with Crippen LogP contribution in [0.15, 0.2) is 0 Å². The van der Waals surface area contributed by atoms with E-state index in [9.17, 15) is 76.7 Å². The fourth-order valence-electron chi connectivity index (χ4n) is 11.5. The molecule has 105 heavy (non-hydrogen) atoms. The van der Waals surface area contributed by atoms with Crippen molar-refractivity contribution in [3.05, 3.63) is 0 Å². The third-order valence-corrected chi connectivity index (χ3v) is 15.4. The van der Waals surface area contributed by atoms with Crippen molar-refractivity contribution in [1.29, 1.82) is 0 Å². The molecule has 7 amide bonds. The van der Waals surface area contributed by atoms with Crippen LogP contribution in [0.25, 0.3) is 0 Å². The number of ether oxygens (including phenoxy) is 18. The van der Waals surface area contributed by atoms with Gasteiger partial charge in [-0.3, -0.25) is 76.7 Å². The number of nitrogens with one attached hydrogen (secondary N) is 6. The Morgan fingerprint density at radius 3 is 0.829 bits per heavy atom. The number of carbonyl (C=O) groups excluding carboxylic acids is 16. The van der Waals surface area contributed by atoms with Gasteiger partial charge in [0.25, 0.3) is 0 Å². The highest BCUT2D eigenvalue weighted by atomic mass is 16.7. The Balaban J connectivity index is 1.48. The van der Waals surface area contributed by atoms with E-state index >= 15 is 0 Å². The highest BCUT2D eigenvalue weighted by Gasteiger charge is 2.55. The number of rotatable bonds is 40. The van der Waals surface area contributed by atoms with Gasteiger partial charge in [0, 0.05) is 128 Å². The third kappa shape index (κ3) is 31.8. The van der Waals surface area contributed by atoms with Gasteiger partial charge in [0.05, 0.1) is 12.2 Å². The van der Waals surface area contributed by atoms with E-state index in [1.54, 1.807) is 0 Å². The average molecular weight is 1510 g/mol. The summed E-state index contributed by atoms with van der Waals surface area (Å²) < 4.78 is 102. The summed E-state index contributed by atoms with van der Waals surface area (Å²) in [5, 5.41) is 15.6. The topological polar surface area (TPSA) is 537 Å². The van der Waals surface area contributed by atoms with Gasteiger partial charge in [-0.05, 0) is 32.1 Å². The minimum Gasteiger partial charge on any atom is -0.463 e. The van der Waals surface area contributed by atoms with Gasteiger partial charge in [-0.15, -0.1) is 0 Å². The molecule has 17 atom stereocenters. The van der Waals surface area contributed by atoms with E-state index in [1.807, 2.05) is 0 Å². The molecule has 4 rings (SSSR count). The SMILES string of the molecule is CC(=O)N[C@H]1[C@H](OCC(=O)NCCCOC2[C@H](OCCCNC(=O)CO[C@@H]3O[C@H](COC(C)=O)[C@H](OC(C)=O)[C@H](OC(C)=O)[C@H]3NC(C)=O)CC(C(N)=O)C[C@H]2OCCCNC(=O)CO[C@@H]2O[C@H](COC(C)=O)[C@H](OC(C)=O)[C@H](OC(C)=O)[C@H]2NC(C)=O)O[C@H](COC(C)=O)[C@H](OC(C)=O)[C@@H]1OC(C)=O. The molecule has 41 heteroatoms. The second kappa shape index (κ2) is 44.8. The summed E-state index contributed by atoms with van der Waals surface area (Å²) in [6, 6.07) is -4.07. The zero-order valence-corrected chi connectivity index (χ0v) is 60.4. The van der Waals surface area contributed by atoms with Gasteiger partial charge < -0.3 is 123 Å². The van der Waals surface area contributed by atoms with Crippen molar-refractivity contribution in [3.63, 3.8) is 0 Å². The van der Waals surface area contributed by atoms with Gasteiger partial charge >= 0.3 is 53.7 Å². The molecule has 1 saturated carbocycles. The molecule has 0 aromatic carbocycles. The van der Waals surface area contributed by atoms with Gasteiger partial charge in [0.1, 0.15) is 82.2 Å². The lowest BCUT2D eigenvalue weighted by Gasteiger charge is -2.44. The molecule has 0 spiro atoms. The first-order valence-corrected chi connectivity index (χ1v) is 33.5. The maximum atomic E-state index is 13.3. The van der Waals surface area contributed by atoms with E-state index in [-0.39, 0.29) is 71.6 Å². The molecule has 3 heterocycles. The summed E-state index contributed by atoms with van der Waals surface area (Å²) in [6.07, 6.45) is -19.5. The molecular weight excluding hydrogens is 1410 g/mol. The molecule has 0 aromatic heterocycles. The van der Waals surface area contributed by atoms with E-state index in [1.165, 1.54) is 0 Å². The van der Waals surface area contributed by atoms with Crippen molar-refractivity contribution >= 4 is 95.1 Å². The Bertz CT molecular complexity index is 2890. The van der Waals surface area contributed by atoms with Crippen LogP contribution in [0.5, 0.6) is 0 Å². The largest absolute Gasteiger partial charge is 0.463 e. The van der Waals surface area contributed by atoms with Crippen LogP contribution >= 0.6 is 0 Å². The van der Waals surface area contributed by atoms with Crippen molar-refractivity contribution in [2.75, 3.05) is 79.1 Å². The monoisotopic (exact) mass is 1510 g/mol. The molecule has 1 aliphatic carbocycles. The summed E-state index contributed by atoms with van der Waals surface area (Å²) in [4.78, 5) is 199. The predicted octanol–water partition coefficient (Wildman–Crippen LogP) is -4.43. The number of hydrogen-bond acceptors (Lipinski definition) is 34. The predicted molar refractivity (Wildman–Crippen MR) is 344 cm³/mol. The normalized spacial score (nSPS) is 27.6. The Kier molecular flexibility index (Phi) is 37.8. The maximum absolute atomic E-state index is 13.3. The smallest absolute Gasteiger partial charge is 0.303 e. The molecule has 0 aromatic rings. The van der Waals surface area contributed by atoms with Gasteiger partial charge in [0.15, 0.2) is 55.5 Å². The summed E-state index contributed by atoms with van der Waals surface area (Å²) >= 11 is 0. The molecule has 8 N–H and O–H groups in total. The molecule has 3 aliphatic heterocycles. The van der Waals surface area contributed by atoms with Crippen LogP contribution in [-0.4, -0.2) is 284 Å². The Morgan fingerprint density at radius 2 is 0.590 bits per heavy atom. The van der Waals surface area contributed by atoms with Gasteiger partial charge in [-0.2, -0.15) is 0 Å². The van der Waals surface area contributed by atoms with Crippen LogP contribution in [0.2, 0.25) is 0 Å². The standard InChI is InChI=1S/C64H97N7O34/c1-30(72)69-51-58(100-39(10)81)55(97-36(7)78)45(24-91-33(4)75)103-62(51)94-27-48(84)66-16-13-19-88-43-22-42(61(65)87)23-44(89-20-14-17-67-49(85)28-95-63-52(70-31(2)73)59(101-40(11)82)56(98-37(8)79)46(104-63)25-92-34(5)76)54(43)90-21-15-18-68-50(86)29-96-64-53(71-32(3)74)60(102-41(12)83)57(99-38(9)80)47(105-64)26-93-35(6)77/h42-47,51-60,62-64H,13-29H2,1-12H3,(H2,65,87)(H,66,84)(H,67,85)(H,68,86)(H,69,72)(H,70,73)(H,71,74)/t42?,43-,44-,45-,46-,47-,51-,52-,53-,54?,55+,56+,57+,58-,59-,60-,62-,63-,64-/m1/s1. The van der Waals surface area contributed by atoms with Gasteiger partial charge in [-0.25, -0.2) is 0 Å². The second-order valence-corrected chi connectivity index (χ2v) is 24.4. The minimum atomic E-state index is -1.55. The molecule has 3 saturated heterocycles. The van der Waals surface area contributed by atoms with Crippen molar-refractivity contribution in [1.82, 2.24) is 31.9 Å². The first kappa shape index (κ1) is 88.6. The fourth-order valence-corrected chi connectivity index (χ4v) is 11.5. The van der Waals surface area contributed by atoms with Crippen LogP contribution in [0.1, 0.15) is 115 Å². The van der Waals surface area contributed by atoms with Crippen LogP contribution in [0, 0.1) is 5.92 Å². The van der Waals surface area contributed by atoms with E-state index < -0.39 is 251 Å². The van der Waals surface area contributed by atoms with E-state index in [2.05, 4.69) is 31.9 Å². The zero-order valence-electron chi connectivity index (χ0n) is 60.4. The molecule has 0 unspecified atom stereocenters. The number of esters is 9. The average Bonchev–Trinajstić information content (AvgIpc) is 0.775. The van der Waals surface area contributed by atoms with E-state index in [4.69, 9.17) is 91.0 Å². The lowest BCUT2D eigenvalue weighted by atomic mass is 9.82. The first-order chi connectivity index (χ1) is 49.5. The van der Waals surface area contributed by atoms with Crippen molar-refractivity contribution in [3.8, 4) is 0 Å². The quantitative estimate of drug-likeness (QED) is 0.0173. The van der Waals surface area contributed by atoms with Crippen LogP contribution in [0.4, 0.5) is 0 Å². The van der Waals surface area contributed by atoms with E-state index in [0.717, 1.165) is 83.1 Å². The summed E-state index contributed by atoms with van der Waals surface area (Å²) in [5.41, 5.74) is 5.89. The Hall–Kier alpha value is -8.84. The molecule has 592 valence electrons. The van der Waals surface area contributed by atoms with Crippen molar-refractivity contribution < 1.29 is 162 Å². The summed E-state index contributed by atoms with van der Waals surface area (Å²) in [7, 11) is 0. The van der Waals surface area contributed by atoms with Crippen LogP contribution in [0.3, 0.4) is 0 Å². The zero-order chi connectivity index (χ0) is 78.2. The first-order valence-electron chi connectivity index (χ1n) is 33.5. The molecule has 41 nitrogen and oxygen atoms in total. The lowest BCUT2D eigenvalue weighted by Crippen LogP contribution is -2.66. The van der Waals surface area contributed by atoms with Gasteiger partial charge in [-0.1, -0.05) is 0 Å². The highest BCUT2D eigenvalue weighted by molar-refractivity contribution is 5.79. The summed E-state index contributed by atoms with van der Waals surface area (Å²) in [5.74, 6) is -12.9. The van der Waals surface area contributed by atoms with Gasteiger partial charge in [0.2, 0.25) is 41.4 Å². The Labute approximate surface area is 603 Å². The number of hydrogen-bond donors (Lipinski definition) is 7. The lowest BCUT2D eigenvalue weighted by molar-refractivity contribution is -0.276. The number of nitrogens with two attached hydrogens (primary N) is 1. The van der Waals surface area contributed by atoms with Crippen molar-refractivity contribution in [2.24, 2.45) is 11.7 Å². The molecule has 4 fully saturated rings. The fraction of sp³-hybridized carbons (Fsp3) is 0.750. The number of amides is 7. The highest BCUT2D eigenvalue weighted by Crippen LogP contribution is 2.34. The number of primary amides is 1. The minimum absolute atomic E-state index is 0.0283. The van der Waals surface area contributed by atoms with Crippen LogP contribution in [-0.2, 0) is 162 Å². The third-order valence-electron chi connectivity index (χ3n) is 15.4. The molecule has 0 radical (unpaired) electrons. The Morgan fingerprint density at radius 1 is 0.333 bits per heavy atom. The second-order valence-electron chi connectivity index (χ2n) is 24.4. The summed E-state index contributed by atoms with van der Waals surface area (Å²) in [6.45, 7) is 9.07. The molecule has 0 bridgehead atoms. The van der Waals surface area contributed by atoms with Crippen molar-refractivity contribution in [2.45, 2.75) is 225 Å².